The summed E-state index contributed by atoms with van der Waals surface area (Å²) in [6, 6.07) is 8.45. The van der Waals surface area contributed by atoms with E-state index in [2.05, 4.69) is 41.2 Å². The third-order valence-electron chi connectivity index (χ3n) is 4.99. The van der Waals surface area contributed by atoms with E-state index in [0.717, 1.165) is 17.9 Å². The molecule has 3 heteroatoms. The third kappa shape index (κ3) is 1.79. The maximum atomic E-state index is 4.85. The molecule has 1 atom stereocenters. The predicted molar refractivity (Wildman–Crippen MR) is 77.1 cm³/mol. The Balaban J connectivity index is 1.72. The summed E-state index contributed by atoms with van der Waals surface area (Å²) in [5, 5.41) is 3.80. The number of benzene rings is 1. The molecule has 2 aromatic rings. The summed E-state index contributed by atoms with van der Waals surface area (Å²) in [6.45, 7) is 1.18. The van der Waals surface area contributed by atoms with Crippen LogP contribution in [0.5, 0.6) is 0 Å². The first kappa shape index (κ1) is 11.5. The first-order chi connectivity index (χ1) is 9.28. The van der Waals surface area contributed by atoms with Crippen molar-refractivity contribution in [2.75, 3.05) is 6.54 Å². The Morgan fingerprint density at radius 1 is 1.37 bits per heavy atom. The minimum atomic E-state index is 0.342. The Morgan fingerprint density at radius 2 is 2.21 bits per heavy atom. The molecule has 1 aliphatic heterocycles. The zero-order chi connectivity index (χ0) is 12.9. The molecule has 1 N–H and O–H groups in total. The van der Waals surface area contributed by atoms with Gasteiger partial charge in [0.1, 0.15) is 5.82 Å². The van der Waals surface area contributed by atoms with Crippen molar-refractivity contribution in [3.63, 3.8) is 0 Å². The molecule has 1 unspecified atom stereocenters. The fourth-order valence-corrected chi connectivity index (χ4v) is 3.74. The molecule has 0 amide bonds. The minimum absolute atomic E-state index is 0.342. The van der Waals surface area contributed by atoms with Crippen molar-refractivity contribution in [2.24, 2.45) is 13.0 Å². The summed E-state index contributed by atoms with van der Waals surface area (Å²) in [4.78, 5) is 4.85. The maximum Gasteiger partial charge on any atom is 0.111 e. The van der Waals surface area contributed by atoms with Gasteiger partial charge in [-0.25, -0.2) is 4.98 Å². The van der Waals surface area contributed by atoms with Gasteiger partial charge in [-0.2, -0.15) is 0 Å². The summed E-state index contributed by atoms with van der Waals surface area (Å²) in [6.07, 6.45) is 6.53. The lowest BCUT2D eigenvalue weighted by Crippen LogP contribution is -2.44. The molecule has 2 fully saturated rings. The zero-order valence-corrected chi connectivity index (χ0v) is 11.5. The van der Waals surface area contributed by atoms with Gasteiger partial charge >= 0.3 is 0 Å². The second-order valence-electron chi connectivity index (χ2n) is 6.21. The van der Waals surface area contributed by atoms with Crippen LogP contribution in [0, 0.1) is 5.92 Å². The molecule has 1 aromatic heterocycles. The van der Waals surface area contributed by atoms with Gasteiger partial charge in [-0.3, -0.25) is 0 Å². The molecule has 19 heavy (non-hydrogen) atoms. The van der Waals surface area contributed by atoms with Gasteiger partial charge in [0.05, 0.1) is 11.0 Å². The Labute approximate surface area is 114 Å². The maximum absolute atomic E-state index is 4.85. The topological polar surface area (TPSA) is 29.9 Å². The standard InChI is InChI=1S/C16H21N3/c1-19-14-6-3-2-5-13(14)18-15(19)11-16(12-7-8-12)9-4-10-17-16/h2-3,5-6,12,17H,4,7-11H2,1H3. The van der Waals surface area contributed by atoms with E-state index in [-0.39, 0.29) is 0 Å². The SMILES string of the molecule is Cn1c(CC2(C3CC3)CCCN2)nc2ccccc21. The molecule has 2 heterocycles. The van der Waals surface area contributed by atoms with Crippen molar-refractivity contribution >= 4 is 11.0 Å². The third-order valence-corrected chi connectivity index (χ3v) is 4.99. The molecule has 1 saturated carbocycles. The van der Waals surface area contributed by atoms with Crippen molar-refractivity contribution in [3.8, 4) is 0 Å². The van der Waals surface area contributed by atoms with Crippen LogP contribution >= 0.6 is 0 Å². The van der Waals surface area contributed by atoms with E-state index in [1.165, 1.54) is 43.6 Å². The van der Waals surface area contributed by atoms with E-state index in [1.807, 2.05) is 0 Å². The number of hydrogen-bond acceptors (Lipinski definition) is 2. The Hall–Kier alpha value is -1.35. The average molecular weight is 255 g/mol. The average Bonchev–Trinajstić information content (AvgIpc) is 3.12. The number of para-hydroxylation sites is 2. The summed E-state index contributed by atoms with van der Waals surface area (Å²) >= 11 is 0. The first-order valence-electron chi connectivity index (χ1n) is 7.44. The number of imidazole rings is 1. The summed E-state index contributed by atoms with van der Waals surface area (Å²) < 4.78 is 2.28. The lowest BCUT2D eigenvalue weighted by molar-refractivity contribution is 0.315. The van der Waals surface area contributed by atoms with Crippen LogP contribution in [0.2, 0.25) is 0 Å². The normalized spacial score (nSPS) is 27.2. The largest absolute Gasteiger partial charge is 0.331 e. The number of aromatic nitrogens is 2. The molecule has 4 rings (SSSR count). The van der Waals surface area contributed by atoms with E-state index in [4.69, 9.17) is 4.98 Å². The van der Waals surface area contributed by atoms with Gasteiger partial charge in [-0.15, -0.1) is 0 Å². The van der Waals surface area contributed by atoms with Gasteiger partial charge in [0.25, 0.3) is 0 Å². The zero-order valence-electron chi connectivity index (χ0n) is 11.5. The fourth-order valence-electron chi connectivity index (χ4n) is 3.74. The van der Waals surface area contributed by atoms with E-state index >= 15 is 0 Å². The molecule has 3 nitrogen and oxygen atoms in total. The number of nitrogens with zero attached hydrogens (tertiary/aromatic N) is 2. The predicted octanol–water partition coefficient (Wildman–Crippen LogP) is 2.65. The van der Waals surface area contributed by atoms with E-state index in [9.17, 15) is 0 Å². The van der Waals surface area contributed by atoms with Crippen LogP contribution in [0.25, 0.3) is 11.0 Å². The highest BCUT2D eigenvalue weighted by atomic mass is 15.1. The van der Waals surface area contributed by atoms with E-state index < -0.39 is 0 Å². The van der Waals surface area contributed by atoms with Crippen LogP contribution < -0.4 is 5.32 Å². The van der Waals surface area contributed by atoms with Crippen LogP contribution in [0.4, 0.5) is 0 Å². The van der Waals surface area contributed by atoms with Gasteiger partial charge < -0.3 is 9.88 Å². The number of aryl methyl sites for hydroxylation is 1. The molecule has 1 aliphatic carbocycles. The molecular weight excluding hydrogens is 234 g/mol. The van der Waals surface area contributed by atoms with Crippen LogP contribution in [0.1, 0.15) is 31.5 Å². The minimum Gasteiger partial charge on any atom is -0.331 e. The van der Waals surface area contributed by atoms with Crippen LogP contribution in [0.3, 0.4) is 0 Å². The van der Waals surface area contributed by atoms with E-state index in [0.29, 0.717) is 5.54 Å². The molecule has 2 aliphatic rings. The molecule has 0 spiro atoms. The lowest BCUT2D eigenvalue weighted by atomic mass is 9.87. The quantitative estimate of drug-likeness (QED) is 0.913. The highest BCUT2D eigenvalue weighted by molar-refractivity contribution is 5.75. The van der Waals surface area contributed by atoms with Crippen LogP contribution in [-0.4, -0.2) is 21.6 Å². The smallest absolute Gasteiger partial charge is 0.111 e. The van der Waals surface area contributed by atoms with Crippen molar-refractivity contribution < 1.29 is 0 Å². The molecule has 100 valence electrons. The van der Waals surface area contributed by atoms with Crippen molar-refractivity contribution in [1.82, 2.24) is 14.9 Å². The van der Waals surface area contributed by atoms with Gasteiger partial charge in [-0.1, -0.05) is 12.1 Å². The molecule has 1 saturated heterocycles. The number of hydrogen-bond donors (Lipinski definition) is 1. The highest BCUT2D eigenvalue weighted by Crippen LogP contribution is 2.45. The van der Waals surface area contributed by atoms with Crippen LogP contribution in [-0.2, 0) is 13.5 Å². The summed E-state index contributed by atoms with van der Waals surface area (Å²) in [5.74, 6) is 2.12. The number of nitrogens with one attached hydrogen (secondary N) is 1. The fraction of sp³-hybridized carbons (Fsp3) is 0.562. The Kier molecular flexibility index (Phi) is 2.46. The molecular formula is C16H21N3. The monoisotopic (exact) mass is 255 g/mol. The van der Waals surface area contributed by atoms with Crippen molar-refractivity contribution in [1.29, 1.82) is 0 Å². The second kappa shape index (κ2) is 4.07. The number of fused-ring (bicyclic) bond motifs is 1. The Morgan fingerprint density at radius 3 is 2.89 bits per heavy atom. The Bertz CT molecular complexity index is 603. The van der Waals surface area contributed by atoms with Crippen molar-refractivity contribution in [3.05, 3.63) is 30.1 Å². The lowest BCUT2D eigenvalue weighted by Gasteiger charge is -2.29. The van der Waals surface area contributed by atoms with Gasteiger partial charge in [0.2, 0.25) is 0 Å². The van der Waals surface area contributed by atoms with Gasteiger partial charge in [0, 0.05) is 19.0 Å². The molecule has 0 bridgehead atoms. The first-order valence-corrected chi connectivity index (χ1v) is 7.44. The second-order valence-corrected chi connectivity index (χ2v) is 6.21. The number of rotatable bonds is 3. The summed E-state index contributed by atoms with van der Waals surface area (Å²) in [5.41, 5.74) is 2.72. The summed E-state index contributed by atoms with van der Waals surface area (Å²) in [7, 11) is 2.15. The van der Waals surface area contributed by atoms with Crippen LogP contribution in [0.15, 0.2) is 24.3 Å². The molecule has 0 radical (unpaired) electrons. The highest BCUT2D eigenvalue weighted by Gasteiger charge is 2.47. The molecule has 1 aromatic carbocycles. The van der Waals surface area contributed by atoms with Crippen molar-refractivity contribution in [2.45, 2.75) is 37.6 Å². The van der Waals surface area contributed by atoms with Gasteiger partial charge in [0.15, 0.2) is 0 Å². The van der Waals surface area contributed by atoms with E-state index in [1.54, 1.807) is 0 Å². The van der Waals surface area contributed by atoms with Gasteiger partial charge in [-0.05, 0) is 50.3 Å².